The maximum Gasteiger partial charge on any atom is 0.245 e. The summed E-state index contributed by atoms with van der Waals surface area (Å²) >= 11 is 0. The molecule has 158 valence electrons. The van der Waals surface area contributed by atoms with Crippen LogP contribution in [0.1, 0.15) is 29.4 Å². The van der Waals surface area contributed by atoms with Crippen molar-refractivity contribution in [3.63, 3.8) is 0 Å². The van der Waals surface area contributed by atoms with E-state index in [0.717, 1.165) is 17.8 Å². The first-order chi connectivity index (χ1) is 15.0. The first-order valence-corrected chi connectivity index (χ1v) is 9.83. The van der Waals surface area contributed by atoms with E-state index in [4.69, 9.17) is 20.2 Å². The molecule has 1 atom stereocenters. The molecule has 31 heavy (non-hydrogen) atoms. The molecule has 0 bridgehead atoms. The summed E-state index contributed by atoms with van der Waals surface area (Å²) in [5.74, 6) is 8.72. The van der Waals surface area contributed by atoms with E-state index in [1.165, 1.54) is 6.08 Å². The number of hydrogen-bond acceptors (Lipinski definition) is 6. The number of fused-ring (bicyclic) bond motifs is 1. The van der Waals surface area contributed by atoms with Crippen LogP contribution in [-0.4, -0.2) is 52.5 Å². The standard InChI is InChI=1S/C23H23N5O3/c1-4-20(29)27-9-7-16(14-27)23-26-19(21-22(24)25-8-10-28(21)23)6-5-15-11-17(30-2)13-18(12-15)31-3/h4,8,10-13,16H,1,7,9,14H2,2-3H3,(H2,24,25). The maximum atomic E-state index is 12.0. The Hall–Kier alpha value is -3.99. The van der Waals surface area contributed by atoms with Gasteiger partial charge in [0.2, 0.25) is 5.91 Å². The minimum absolute atomic E-state index is 0.0727. The lowest BCUT2D eigenvalue weighted by Gasteiger charge is -2.13. The van der Waals surface area contributed by atoms with Gasteiger partial charge in [0.05, 0.1) is 14.2 Å². The summed E-state index contributed by atoms with van der Waals surface area (Å²) in [6.07, 6.45) is 5.61. The highest BCUT2D eigenvalue weighted by Gasteiger charge is 2.30. The highest BCUT2D eigenvalue weighted by atomic mass is 16.5. The summed E-state index contributed by atoms with van der Waals surface area (Å²) in [7, 11) is 3.19. The van der Waals surface area contributed by atoms with Gasteiger partial charge in [0.15, 0.2) is 5.82 Å². The minimum atomic E-state index is -0.0727. The van der Waals surface area contributed by atoms with Crippen LogP contribution < -0.4 is 15.2 Å². The lowest BCUT2D eigenvalue weighted by atomic mass is 10.1. The molecule has 2 N–H and O–H groups in total. The van der Waals surface area contributed by atoms with E-state index in [2.05, 4.69) is 23.4 Å². The Balaban J connectivity index is 1.75. The highest BCUT2D eigenvalue weighted by molar-refractivity contribution is 5.87. The summed E-state index contributed by atoms with van der Waals surface area (Å²) in [5.41, 5.74) is 8.09. The van der Waals surface area contributed by atoms with Gasteiger partial charge in [-0.3, -0.25) is 9.20 Å². The molecule has 8 nitrogen and oxygen atoms in total. The predicted molar refractivity (Wildman–Crippen MR) is 117 cm³/mol. The quantitative estimate of drug-likeness (QED) is 0.517. The van der Waals surface area contributed by atoms with Gasteiger partial charge in [-0.25, -0.2) is 9.97 Å². The zero-order chi connectivity index (χ0) is 22.0. The van der Waals surface area contributed by atoms with Gasteiger partial charge in [-0.15, -0.1) is 0 Å². The molecule has 3 aromatic rings. The molecule has 1 amide bonds. The molecule has 1 unspecified atom stereocenters. The van der Waals surface area contributed by atoms with Gasteiger partial charge in [0, 0.05) is 43.0 Å². The van der Waals surface area contributed by atoms with Crippen molar-refractivity contribution in [3.05, 3.63) is 60.3 Å². The maximum absolute atomic E-state index is 12.0. The van der Waals surface area contributed by atoms with Crippen molar-refractivity contribution >= 4 is 17.2 Å². The number of carbonyl (C=O) groups excluding carboxylic acids is 1. The third-order valence-corrected chi connectivity index (χ3v) is 5.33. The van der Waals surface area contributed by atoms with E-state index in [-0.39, 0.29) is 11.8 Å². The topological polar surface area (TPSA) is 95.0 Å². The van der Waals surface area contributed by atoms with Gasteiger partial charge >= 0.3 is 0 Å². The summed E-state index contributed by atoms with van der Waals surface area (Å²) in [6, 6.07) is 5.44. The van der Waals surface area contributed by atoms with E-state index in [0.29, 0.717) is 41.6 Å². The van der Waals surface area contributed by atoms with Gasteiger partial charge in [-0.05, 0) is 30.6 Å². The van der Waals surface area contributed by atoms with Crippen molar-refractivity contribution in [2.45, 2.75) is 12.3 Å². The summed E-state index contributed by atoms with van der Waals surface area (Å²) in [6.45, 7) is 4.81. The Morgan fingerprint density at radius 1 is 1.26 bits per heavy atom. The second-order valence-corrected chi connectivity index (χ2v) is 7.18. The number of likely N-dealkylation sites (tertiary alicyclic amines) is 1. The summed E-state index contributed by atoms with van der Waals surface area (Å²) < 4.78 is 12.5. The molecule has 2 aromatic heterocycles. The number of anilines is 1. The van der Waals surface area contributed by atoms with E-state index >= 15 is 0 Å². The van der Waals surface area contributed by atoms with E-state index in [1.807, 2.05) is 22.7 Å². The molecule has 0 aliphatic carbocycles. The fourth-order valence-corrected chi connectivity index (χ4v) is 3.77. The first-order valence-electron chi connectivity index (χ1n) is 9.83. The molecule has 0 radical (unpaired) electrons. The number of carbonyl (C=O) groups is 1. The fraction of sp³-hybridized carbons (Fsp3) is 0.261. The number of aromatic nitrogens is 3. The van der Waals surface area contributed by atoms with Crippen LogP contribution in [0.3, 0.4) is 0 Å². The van der Waals surface area contributed by atoms with E-state index in [9.17, 15) is 4.79 Å². The average Bonchev–Trinajstić information content (AvgIpc) is 3.42. The smallest absolute Gasteiger partial charge is 0.245 e. The van der Waals surface area contributed by atoms with Crippen LogP contribution in [0.25, 0.3) is 5.52 Å². The van der Waals surface area contributed by atoms with E-state index < -0.39 is 0 Å². The second-order valence-electron chi connectivity index (χ2n) is 7.18. The van der Waals surface area contributed by atoms with Crippen molar-refractivity contribution in [2.75, 3.05) is 33.0 Å². The SMILES string of the molecule is C=CC(=O)N1CCC(c2nc(C#Cc3cc(OC)cc(OC)c3)c3c(N)nccn23)C1. The molecule has 8 heteroatoms. The van der Waals surface area contributed by atoms with Crippen LogP contribution in [0.2, 0.25) is 0 Å². The van der Waals surface area contributed by atoms with Crippen LogP contribution >= 0.6 is 0 Å². The van der Waals surface area contributed by atoms with Crippen LogP contribution in [-0.2, 0) is 4.79 Å². The predicted octanol–water partition coefficient (Wildman–Crippen LogP) is 2.23. The number of imidazole rings is 1. The van der Waals surface area contributed by atoms with E-state index in [1.54, 1.807) is 31.4 Å². The van der Waals surface area contributed by atoms with Crippen LogP contribution in [0, 0.1) is 11.8 Å². The zero-order valence-corrected chi connectivity index (χ0v) is 17.5. The number of benzene rings is 1. The monoisotopic (exact) mass is 417 g/mol. The van der Waals surface area contributed by atoms with Gasteiger partial charge in [0.25, 0.3) is 0 Å². The third kappa shape index (κ3) is 3.90. The third-order valence-electron chi connectivity index (χ3n) is 5.33. The van der Waals surface area contributed by atoms with Gasteiger partial charge in [-0.2, -0.15) is 0 Å². The van der Waals surface area contributed by atoms with Gasteiger partial charge in [-0.1, -0.05) is 12.5 Å². The lowest BCUT2D eigenvalue weighted by Crippen LogP contribution is -2.26. The summed E-state index contributed by atoms with van der Waals surface area (Å²) in [4.78, 5) is 22.8. The second kappa shape index (κ2) is 8.40. The molecule has 1 saturated heterocycles. The van der Waals surface area contributed by atoms with Crippen LogP contribution in [0.4, 0.5) is 5.82 Å². The number of methoxy groups -OCH3 is 2. The lowest BCUT2D eigenvalue weighted by molar-refractivity contribution is -0.125. The van der Waals surface area contributed by atoms with Gasteiger partial charge < -0.3 is 20.1 Å². The molecular formula is C23H23N5O3. The first kappa shape index (κ1) is 20.3. The number of rotatable bonds is 4. The molecule has 1 fully saturated rings. The Bertz CT molecular complexity index is 1200. The molecule has 0 saturated carbocycles. The molecular weight excluding hydrogens is 394 g/mol. The van der Waals surface area contributed by atoms with Gasteiger partial charge in [0.1, 0.15) is 28.5 Å². The molecule has 3 heterocycles. The number of hydrogen-bond donors (Lipinski definition) is 1. The Kier molecular flexibility index (Phi) is 5.50. The number of nitrogen functional groups attached to an aromatic ring is 1. The molecule has 1 aliphatic heterocycles. The highest BCUT2D eigenvalue weighted by Crippen LogP contribution is 2.30. The molecule has 1 aliphatic rings. The molecule has 0 spiro atoms. The zero-order valence-electron chi connectivity index (χ0n) is 17.5. The molecule has 1 aromatic carbocycles. The minimum Gasteiger partial charge on any atom is -0.497 e. The normalized spacial score (nSPS) is 15.4. The Morgan fingerprint density at radius 3 is 2.68 bits per heavy atom. The van der Waals surface area contributed by atoms with Crippen molar-refractivity contribution in [3.8, 4) is 23.3 Å². The van der Waals surface area contributed by atoms with Crippen LogP contribution in [0.5, 0.6) is 11.5 Å². The Morgan fingerprint density at radius 2 is 2.00 bits per heavy atom. The molecule has 4 rings (SSSR count). The number of amides is 1. The largest absolute Gasteiger partial charge is 0.497 e. The summed E-state index contributed by atoms with van der Waals surface area (Å²) in [5, 5.41) is 0. The number of nitrogens with zero attached hydrogens (tertiary/aromatic N) is 4. The van der Waals surface area contributed by atoms with Crippen molar-refractivity contribution in [2.24, 2.45) is 0 Å². The van der Waals surface area contributed by atoms with Crippen LogP contribution in [0.15, 0.2) is 43.2 Å². The van der Waals surface area contributed by atoms with Crippen molar-refractivity contribution < 1.29 is 14.3 Å². The van der Waals surface area contributed by atoms with Crippen molar-refractivity contribution in [1.82, 2.24) is 19.3 Å². The van der Waals surface area contributed by atoms with Crippen molar-refractivity contribution in [1.29, 1.82) is 0 Å². The fourth-order valence-electron chi connectivity index (χ4n) is 3.77. The average molecular weight is 417 g/mol. The number of ether oxygens (including phenoxy) is 2. The Labute approximate surface area is 180 Å². The number of nitrogens with two attached hydrogens (primary N) is 1.